The van der Waals surface area contributed by atoms with Crippen molar-refractivity contribution in [1.29, 1.82) is 0 Å². The van der Waals surface area contributed by atoms with Crippen LogP contribution in [0.4, 0.5) is 9.18 Å². The zero-order chi connectivity index (χ0) is 21.3. The summed E-state index contributed by atoms with van der Waals surface area (Å²) in [5.74, 6) is -3.14. The van der Waals surface area contributed by atoms with Crippen molar-refractivity contribution in [3.05, 3.63) is 29.8 Å². The number of carboxylic acids is 2. The van der Waals surface area contributed by atoms with Gasteiger partial charge in [-0.05, 0) is 51.3 Å². The predicted molar refractivity (Wildman–Crippen MR) is 98.2 cm³/mol. The van der Waals surface area contributed by atoms with Gasteiger partial charge in [-0.1, -0.05) is 12.1 Å². The Balaban J connectivity index is 2.78. The molecule has 1 aromatic rings. The van der Waals surface area contributed by atoms with E-state index in [0.29, 0.717) is 11.3 Å². The lowest BCUT2D eigenvalue weighted by atomic mass is 9.92. The van der Waals surface area contributed by atoms with Crippen LogP contribution in [0.5, 0.6) is 5.75 Å². The molecule has 0 aliphatic rings. The molecule has 2 atom stereocenters. The van der Waals surface area contributed by atoms with Gasteiger partial charge in [0.25, 0.3) is 0 Å². The number of carbonyl (C=O) groups is 3. The lowest BCUT2D eigenvalue weighted by Crippen LogP contribution is -2.45. The van der Waals surface area contributed by atoms with Gasteiger partial charge in [0, 0.05) is 0 Å². The molecular formula is C19H26FNO7. The van der Waals surface area contributed by atoms with Gasteiger partial charge in [-0.2, -0.15) is 0 Å². The van der Waals surface area contributed by atoms with E-state index in [9.17, 15) is 29.0 Å². The Hall–Kier alpha value is -2.84. The Labute approximate surface area is 162 Å². The molecule has 9 heteroatoms. The van der Waals surface area contributed by atoms with E-state index >= 15 is 0 Å². The molecule has 0 aromatic heterocycles. The molecular weight excluding hydrogens is 373 g/mol. The third kappa shape index (κ3) is 8.70. The molecule has 0 saturated heterocycles. The fourth-order valence-corrected chi connectivity index (χ4v) is 2.39. The monoisotopic (exact) mass is 399 g/mol. The van der Waals surface area contributed by atoms with E-state index in [1.807, 2.05) is 0 Å². The van der Waals surface area contributed by atoms with Crippen molar-refractivity contribution in [3.8, 4) is 5.75 Å². The molecule has 1 rings (SSSR count). The van der Waals surface area contributed by atoms with Gasteiger partial charge < -0.3 is 25.0 Å². The summed E-state index contributed by atoms with van der Waals surface area (Å²) in [6.45, 7) is 4.19. The maximum Gasteiger partial charge on any atom is 0.408 e. The molecule has 0 aliphatic heterocycles. The number of nitrogens with one attached hydrogen (secondary N) is 1. The van der Waals surface area contributed by atoms with Crippen LogP contribution >= 0.6 is 0 Å². The smallest absolute Gasteiger partial charge is 0.408 e. The molecule has 0 spiro atoms. The largest absolute Gasteiger partial charge is 0.491 e. The van der Waals surface area contributed by atoms with Crippen LogP contribution in [0, 0.1) is 5.92 Å². The number of alkyl halides is 1. The van der Waals surface area contributed by atoms with Crippen molar-refractivity contribution in [1.82, 2.24) is 5.32 Å². The molecule has 0 fully saturated rings. The molecule has 0 aliphatic carbocycles. The molecule has 156 valence electrons. The fraction of sp³-hybridized carbons (Fsp3) is 0.526. The minimum Gasteiger partial charge on any atom is -0.491 e. The van der Waals surface area contributed by atoms with Crippen LogP contribution in [0.2, 0.25) is 0 Å². The van der Waals surface area contributed by atoms with Crippen molar-refractivity contribution in [2.75, 3.05) is 13.3 Å². The van der Waals surface area contributed by atoms with E-state index in [0.717, 1.165) is 0 Å². The number of halogens is 1. The third-order valence-electron chi connectivity index (χ3n) is 3.61. The van der Waals surface area contributed by atoms with E-state index in [2.05, 4.69) is 5.32 Å². The first-order chi connectivity index (χ1) is 13.0. The number of aliphatic carboxylic acids is 2. The normalized spacial score (nSPS) is 13.3. The van der Waals surface area contributed by atoms with Crippen molar-refractivity contribution < 1.29 is 38.5 Å². The van der Waals surface area contributed by atoms with Gasteiger partial charge in [0.1, 0.15) is 30.7 Å². The van der Waals surface area contributed by atoms with Crippen LogP contribution in [-0.2, 0) is 20.7 Å². The molecule has 0 unspecified atom stereocenters. The molecule has 28 heavy (non-hydrogen) atoms. The third-order valence-corrected chi connectivity index (χ3v) is 3.61. The number of benzene rings is 1. The summed E-state index contributed by atoms with van der Waals surface area (Å²) in [6.07, 6.45) is -1.19. The van der Waals surface area contributed by atoms with Crippen molar-refractivity contribution in [2.24, 2.45) is 5.92 Å². The Bertz CT molecular complexity index is 670. The zero-order valence-electron chi connectivity index (χ0n) is 16.1. The first-order valence-electron chi connectivity index (χ1n) is 8.74. The molecule has 1 aromatic carbocycles. The lowest BCUT2D eigenvalue weighted by Gasteiger charge is -2.23. The topological polar surface area (TPSA) is 122 Å². The minimum absolute atomic E-state index is 0.0541. The second-order valence-electron chi connectivity index (χ2n) is 7.19. The van der Waals surface area contributed by atoms with Crippen LogP contribution in [-0.4, -0.2) is 53.2 Å². The number of rotatable bonds is 10. The van der Waals surface area contributed by atoms with Gasteiger partial charge in [0.05, 0.1) is 5.92 Å². The molecule has 3 N–H and O–H groups in total. The highest BCUT2D eigenvalue weighted by Crippen LogP contribution is 2.19. The number of hydrogen-bond acceptors (Lipinski definition) is 5. The van der Waals surface area contributed by atoms with Gasteiger partial charge in [-0.3, -0.25) is 4.79 Å². The Morgan fingerprint density at radius 2 is 1.71 bits per heavy atom. The molecule has 0 saturated carbocycles. The first kappa shape index (κ1) is 23.2. The summed E-state index contributed by atoms with van der Waals surface area (Å²) in [5.41, 5.74) is -0.174. The van der Waals surface area contributed by atoms with E-state index < -0.39 is 42.3 Å². The van der Waals surface area contributed by atoms with Crippen molar-refractivity contribution in [2.45, 2.75) is 45.3 Å². The van der Waals surface area contributed by atoms with Crippen molar-refractivity contribution >= 4 is 18.0 Å². The van der Waals surface area contributed by atoms with Gasteiger partial charge in [-0.25, -0.2) is 14.0 Å². The number of carboxylic acid groups (broad SMARTS) is 2. The number of alkyl carbamates (subject to hydrolysis) is 1. The van der Waals surface area contributed by atoms with Crippen LogP contribution < -0.4 is 10.1 Å². The predicted octanol–water partition coefficient (Wildman–Crippen LogP) is 2.65. The molecule has 1 amide bonds. The average molecular weight is 399 g/mol. The Morgan fingerprint density at radius 3 is 2.18 bits per heavy atom. The van der Waals surface area contributed by atoms with Gasteiger partial charge in [0.15, 0.2) is 0 Å². The summed E-state index contributed by atoms with van der Waals surface area (Å²) in [6, 6.07) is 5.00. The van der Waals surface area contributed by atoms with Crippen LogP contribution in [0.3, 0.4) is 0 Å². The minimum atomic E-state index is -1.41. The standard InChI is InChI=1S/C19H26FNO7/c1-19(2,3)28-18(26)21-15(17(24)25)11-13(16(22)23)10-12-4-6-14(7-5-12)27-9-8-20/h4-7,13,15H,8-11H2,1-3H3,(H,21,26)(H,22,23)(H,24,25)/t13-,15-/m1/s1. The summed E-state index contributed by atoms with van der Waals surface area (Å²) >= 11 is 0. The van der Waals surface area contributed by atoms with E-state index in [1.165, 1.54) is 0 Å². The Kier molecular flexibility index (Phi) is 8.69. The van der Waals surface area contributed by atoms with Crippen LogP contribution in [0.1, 0.15) is 32.8 Å². The highest BCUT2D eigenvalue weighted by molar-refractivity contribution is 5.81. The molecule has 0 bridgehead atoms. The number of ether oxygens (including phenoxy) is 2. The molecule has 0 heterocycles. The van der Waals surface area contributed by atoms with Gasteiger partial charge >= 0.3 is 18.0 Å². The highest BCUT2D eigenvalue weighted by atomic mass is 19.1. The zero-order valence-corrected chi connectivity index (χ0v) is 16.1. The van der Waals surface area contributed by atoms with Gasteiger partial charge in [0.2, 0.25) is 0 Å². The summed E-state index contributed by atoms with van der Waals surface area (Å²) in [4.78, 5) is 34.8. The summed E-state index contributed by atoms with van der Waals surface area (Å²) < 4.78 is 22.2. The number of carbonyl (C=O) groups excluding carboxylic acids is 1. The lowest BCUT2D eigenvalue weighted by molar-refractivity contribution is -0.144. The maximum absolute atomic E-state index is 12.1. The number of amides is 1. The quantitative estimate of drug-likeness (QED) is 0.553. The van der Waals surface area contributed by atoms with Crippen LogP contribution in [0.15, 0.2) is 24.3 Å². The van der Waals surface area contributed by atoms with E-state index in [-0.39, 0.29) is 19.4 Å². The second kappa shape index (κ2) is 10.5. The molecule has 0 radical (unpaired) electrons. The average Bonchev–Trinajstić information content (AvgIpc) is 2.57. The van der Waals surface area contributed by atoms with Gasteiger partial charge in [-0.15, -0.1) is 0 Å². The Morgan fingerprint density at radius 1 is 1.11 bits per heavy atom. The highest BCUT2D eigenvalue weighted by Gasteiger charge is 2.30. The molecule has 8 nitrogen and oxygen atoms in total. The van der Waals surface area contributed by atoms with E-state index in [1.54, 1.807) is 45.0 Å². The summed E-state index contributed by atoms with van der Waals surface area (Å²) in [7, 11) is 0. The SMILES string of the molecule is CC(C)(C)OC(=O)N[C@H](C[C@@H](Cc1ccc(OCCF)cc1)C(=O)O)C(=O)O. The van der Waals surface area contributed by atoms with Crippen LogP contribution in [0.25, 0.3) is 0 Å². The fourth-order valence-electron chi connectivity index (χ4n) is 2.39. The number of hydrogen-bond donors (Lipinski definition) is 3. The van der Waals surface area contributed by atoms with Crippen molar-refractivity contribution in [3.63, 3.8) is 0 Å². The second-order valence-corrected chi connectivity index (χ2v) is 7.19. The maximum atomic E-state index is 12.1. The summed E-state index contributed by atoms with van der Waals surface area (Å²) in [5, 5.41) is 21.0. The first-order valence-corrected chi connectivity index (χ1v) is 8.74. The van der Waals surface area contributed by atoms with E-state index in [4.69, 9.17) is 9.47 Å².